The highest BCUT2D eigenvalue weighted by molar-refractivity contribution is 9.10. The Morgan fingerprint density at radius 1 is 1.50 bits per heavy atom. The Morgan fingerprint density at radius 2 is 2.28 bits per heavy atom. The van der Waals surface area contributed by atoms with Gasteiger partial charge in [0.15, 0.2) is 5.75 Å². The molecule has 0 aliphatic carbocycles. The summed E-state index contributed by atoms with van der Waals surface area (Å²) in [6.45, 7) is 2.05. The van der Waals surface area contributed by atoms with Crippen LogP contribution in [0.2, 0.25) is 0 Å². The maximum absolute atomic E-state index is 11.4. The molecule has 0 spiro atoms. The predicted octanol–water partition coefficient (Wildman–Crippen LogP) is 2.47. The van der Waals surface area contributed by atoms with E-state index in [9.17, 15) is 4.79 Å². The van der Waals surface area contributed by atoms with Crippen LogP contribution >= 0.6 is 15.9 Å². The van der Waals surface area contributed by atoms with E-state index in [4.69, 9.17) is 10.5 Å². The van der Waals surface area contributed by atoms with Gasteiger partial charge < -0.3 is 15.5 Å². The molecule has 0 radical (unpaired) electrons. The number of hydrogen-bond donors (Lipinski definition) is 2. The lowest BCUT2D eigenvalue weighted by Gasteiger charge is -2.09. The summed E-state index contributed by atoms with van der Waals surface area (Å²) < 4.78 is 5.76. The summed E-state index contributed by atoms with van der Waals surface area (Å²) >= 11 is 3.12. The zero-order valence-electron chi connectivity index (χ0n) is 9.74. The number of H-pyrrole nitrogens is 1. The zero-order chi connectivity index (χ0) is 13.1. The number of nitrogen functional groups attached to an aromatic ring is 1. The fourth-order valence-corrected chi connectivity index (χ4v) is 1.75. The summed E-state index contributed by atoms with van der Waals surface area (Å²) in [6.07, 6.45) is 2.18. The normalized spacial score (nSPS) is 10.3. The van der Waals surface area contributed by atoms with Crippen LogP contribution < -0.4 is 16.0 Å². The van der Waals surface area contributed by atoms with Crippen molar-refractivity contribution >= 4 is 21.6 Å². The van der Waals surface area contributed by atoms with Gasteiger partial charge in [-0.25, -0.2) is 4.98 Å². The van der Waals surface area contributed by atoms with Gasteiger partial charge in [-0.1, -0.05) is 13.0 Å². The van der Waals surface area contributed by atoms with Crippen LogP contribution in [0.25, 0.3) is 0 Å². The maximum atomic E-state index is 11.4. The van der Waals surface area contributed by atoms with E-state index in [1.54, 1.807) is 6.07 Å². The Morgan fingerprint density at radius 3 is 2.94 bits per heavy atom. The van der Waals surface area contributed by atoms with Crippen LogP contribution in [0.15, 0.2) is 33.8 Å². The lowest BCUT2D eigenvalue weighted by molar-refractivity contribution is 0.459. The molecule has 0 amide bonds. The first kappa shape index (κ1) is 12.6. The standard InChI is InChI=1S/C12H12BrN3O2/c1-2-7-3-4-9(8(14)5-7)18-12-10(13)11(17)15-6-16-12/h3-6H,2,14H2,1H3,(H,15,16,17). The average Bonchev–Trinajstić information content (AvgIpc) is 2.37. The molecule has 0 fully saturated rings. The molecule has 94 valence electrons. The summed E-state index contributed by atoms with van der Waals surface area (Å²) in [4.78, 5) is 17.7. The van der Waals surface area contributed by atoms with Crippen molar-refractivity contribution in [2.45, 2.75) is 13.3 Å². The highest BCUT2D eigenvalue weighted by atomic mass is 79.9. The van der Waals surface area contributed by atoms with Crippen LogP contribution in [-0.4, -0.2) is 9.97 Å². The number of hydrogen-bond acceptors (Lipinski definition) is 4. The van der Waals surface area contributed by atoms with Gasteiger partial charge in [-0.15, -0.1) is 0 Å². The van der Waals surface area contributed by atoms with Crippen molar-refractivity contribution in [1.29, 1.82) is 0 Å². The average molecular weight is 310 g/mol. The molecule has 6 heteroatoms. The third-order valence-corrected chi connectivity index (χ3v) is 3.15. The van der Waals surface area contributed by atoms with Crippen molar-refractivity contribution in [1.82, 2.24) is 9.97 Å². The number of nitrogens with zero attached hydrogens (tertiary/aromatic N) is 1. The Kier molecular flexibility index (Phi) is 3.66. The summed E-state index contributed by atoms with van der Waals surface area (Å²) in [6, 6.07) is 5.53. The Balaban J connectivity index is 2.34. The van der Waals surface area contributed by atoms with Crippen molar-refractivity contribution in [3.8, 4) is 11.6 Å². The van der Waals surface area contributed by atoms with Crippen molar-refractivity contribution in [2.75, 3.05) is 5.73 Å². The van der Waals surface area contributed by atoms with E-state index in [0.717, 1.165) is 12.0 Å². The topological polar surface area (TPSA) is 81.0 Å². The van der Waals surface area contributed by atoms with E-state index in [0.29, 0.717) is 11.4 Å². The minimum Gasteiger partial charge on any atom is -0.435 e. The molecule has 0 saturated heterocycles. The summed E-state index contributed by atoms with van der Waals surface area (Å²) in [5, 5.41) is 0. The second kappa shape index (κ2) is 5.22. The quantitative estimate of drug-likeness (QED) is 0.853. The van der Waals surface area contributed by atoms with E-state index in [-0.39, 0.29) is 15.9 Å². The molecule has 0 aliphatic rings. The number of aryl methyl sites for hydroxylation is 1. The molecule has 5 nitrogen and oxygen atoms in total. The second-order valence-corrected chi connectivity index (χ2v) is 4.47. The lowest BCUT2D eigenvalue weighted by atomic mass is 10.1. The van der Waals surface area contributed by atoms with Gasteiger partial charge in [-0.05, 0) is 40.0 Å². The SMILES string of the molecule is CCc1ccc(Oc2nc[nH]c(=O)c2Br)c(N)c1. The number of aromatic amines is 1. The van der Waals surface area contributed by atoms with E-state index in [1.807, 2.05) is 19.1 Å². The van der Waals surface area contributed by atoms with Crippen LogP contribution in [0.4, 0.5) is 5.69 Å². The molecule has 1 aromatic heterocycles. The number of rotatable bonds is 3. The number of halogens is 1. The minimum absolute atomic E-state index is 0.190. The summed E-state index contributed by atoms with van der Waals surface area (Å²) in [5.74, 6) is 0.667. The Labute approximate surface area is 112 Å². The lowest BCUT2D eigenvalue weighted by Crippen LogP contribution is -2.08. The smallest absolute Gasteiger partial charge is 0.268 e. The molecule has 18 heavy (non-hydrogen) atoms. The van der Waals surface area contributed by atoms with Gasteiger partial charge in [-0.2, -0.15) is 0 Å². The summed E-state index contributed by atoms with van der Waals surface area (Å²) in [7, 11) is 0. The molecule has 0 atom stereocenters. The highest BCUT2D eigenvalue weighted by Crippen LogP contribution is 2.29. The van der Waals surface area contributed by atoms with E-state index in [2.05, 4.69) is 25.9 Å². The van der Waals surface area contributed by atoms with Gasteiger partial charge >= 0.3 is 0 Å². The first-order valence-corrected chi connectivity index (χ1v) is 6.20. The van der Waals surface area contributed by atoms with E-state index < -0.39 is 0 Å². The fraction of sp³-hybridized carbons (Fsp3) is 0.167. The van der Waals surface area contributed by atoms with Crippen LogP contribution in [0.5, 0.6) is 11.6 Å². The van der Waals surface area contributed by atoms with Crippen LogP contribution in [0.1, 0.15) is 12.5 Å². The highest BCUT2D eigenvalue weighted by Gasteiger charge is 2.09. The second-order valence-electron chi connectivity index (χ2n) is 3.68. The van der Waals surface area contributed by atoms with Crippen molar-refractivity contribution < 1.29 is 4.74 Å². The molecule has 1 aromatic carbocycles. The van der Waals surface area contributed by atoms with Gasteiger partial charge in [0.1, 0.15) is 4.47 Å². The van der Waals surface area contributed by atoms with Crippen molar-refractivity contribution in [3.05, 3.63) is 44.9 Å². The predicted molar refractivity (Wildman–Crippen MR) is 72.9 cm³/mol. The number of nitrogens with one attached hydrogen (secondary N) is 1. The van der Waals surface area contributed by atoms with Crippen LogP contribution in [-0.2, 0) is 6.42 Å². The number of aromatic nitrogens is 2. The molecule has 3 N–H and O–H groups in total. The van der Waals surface area contributed by atoms with Gasteiger partial charge in [0, 0.05) is 0 Å². The minimum atomic E-state index is -0.302. The molecule has 1 heterocycles. The first-order chi connectivity index (χ1) is 8.61. The van der Waals surface area contributed by atoms with E-state index in [1.165, 1.54) is 6.33 Å². The first-order valence-electron chi connectivity index (χ1n) is 5.41. The van der Waals surface area contributed by atoms with Gasteiger partial charge in [0.2, 0.25) is 5.88 Å². The van der Waals surface area contributed by atoms with Crippen LogP contribution in [0, 0.1) is 0 Å². The molecular formula is C12H12BrN3O2. The Hall–Kier alpha value is -1.82. The third kappa shape index (κ3) is 2.53. The molecule has 0 unspecified atom stereocenters. The summed E-state index contributed by atoms with van der Waals surface area (Å²) in [5.41, 5.74) is 7.22. The number of nitrogens with two attached hydrogens (primary N) is 1. The van der Waals surface area contributed by atoms with Crippen molar-refractivity contribution in [2.24, 2.45) is 0 Å². The molecule has 2 rings (SSSR count). The molecule has 2 aromatic rings. The maximum Gasteiger partial charge on any atom is 0.268 e. The Bertz CT molecular complexity index is 625. The largest absolute Gasteiger partial charge is 0.435 e. The van der Waals surface area contributed by atoms with Gasteiger partial charge in [0.05, 0.1) is 12.0 Å². The van der Waals surface area contributed by atoms with Gasteiger partial charge in [-0.3, -0.25) is 4.79 Å². The van der Waals surface area contributed by atoms with Gasteiger partial charge in [0.25, 0.3) is 5.56 Å². The van der Waals surface area contributed by atoms with Crippen LogP contribution in [0.3, 0.4) is 0 Å². The molecule has 0 saturated carbocycles. The molecular weight excluding hydrogens is 298 g/mol. The number of anilines is 1. The zero-order valence-corrected chi connectivity index (χ0v) is 11.3. The monoisotopic (exact) mass is 309 g/mol. The number of ether oxygens (including phenoxy) is 1. The third-order valence-electron chi connectivity index (χ3n) is 2.45. The molecule has 0 bridgehead atoms. The molecule has 0 aliphatic heterocycles. The van der Waals surface area contributed by atoms with E-state index >= 15 is 0 Å². The fourth-order valence-electron chi connectivity index (χ4n) is 1.45. The van der Waals surface area contributed by atoms with Crippen molar-refractivity contribution in [3.63, 3.8) is 0 Å². The number of benzene rings is 1.